The van der Waals surface area contributed by atoms with Crippen LogP contribution in [-0.4, -0.2) is 40.3 Å². The molecule has 0 aliphatic carbocycles. The van der Waals surface area contributed by atoms with Crippen molar-refractivity contribution in [3.8, 4) is 5.75 Å². The molecule has 0 saturated heterocycles. The van der Waals surface area contributed by atoms with Gasteiger partial charge < -0.3 is 20.1 Å². The zero-order chi connectivity index (χ0) is 13.2. The molecule has 0 fully saturated rings. The van der Waals surface area contributed by atoms with E-state index in [1.807, 2.05) is 0 Å². The maximum Gasteiger partial charge on any atom is 0.340 e. The van der Waals surface area contributed by atoms with Gasteiger partial charge in [-0.25, -0.2) is 14.4 Å². The third-order valence-corrected chi connectivity index (χ3v) is 2.05. The predicted molar refractivity (Wildman–Crippen MR) is 53.9 cm³/mol. The van der Waals surface area contributed by atoms with E-state index in [0.29, 0.717) is 0 Å². The first-order chi connectivity index (χ1) is 7.90. The quantitative estimate of drug-likeness (QED) is 0.711. The van der Waals surface area contributed by atoms with Gasteiger partial charge in [0.2, 0.25) is 0 Å². The van der Waals surface area contributed by atoms with Crippen LogP contribution in [0.1, 0.15) is 31.1 Å². The lowest BCUT2D eigenvalue weighted by molar-refractivity contribution is 0.0631. The fourth-order valence-electron chi connectivity index (χ4n) is 1.37. The van der Waals surface area contributed by atoms with Crippen LogP contribution < -0.4 is 4.74 Å². The van der Waals surface area contributed by atoms with Crippen LogP contribution in [0.2, 0.25) is 0 Å². The number of aromatic carboxylic acids is 3. The highest BCUT2D eigenvalue weighted by molar-refractivity contribution is 6.10. The maximum atomic E-state index is 10.9. The van der Waals surface area contributed by atoms with Crippen molar-refractivity contribution in [3.05, 3.63) is 28.8 Å². The highest BCUT2D eigenvalue weighted by atomic mass is 16.5. The van der Waals surface area contributed by atoms with Crippen molar-refractivity contribution >= 4 is 17.9 Å². The van der Waals surface area contributed by atoms with E-state index in [2.05, 4.69) is 0 Å². The molecule has 0 saturated carbocycles. The summed E-state index contributed by atoms with van der Waals surface area (Å²) in [5, 5.41) is 26.6. The highest BCUT2D eigenvalue weighted by Gasteiger charge is 2.27. The molecular formula is C10H8O7. The SMILES string of the molecule is COc1ccc(C(=O)O)c(C(=O)O)c1C(=O)O. The van der Waals surface area contributed by atoms with E-state index in [4.69, 9.17) is 20.1 Å². The minimum atomic E-state index is -1.64. The average molecular weight is 240 g/mol. The van der Waals surface area contributed by atoms with Crippen LogP contribution in [0.4, 0.5) is 0 Å². The number of hydrogen-bond acceptors (Lipinski definition) is 4. The van der Waals surface area contributed by atoms with Gasteiger partial charge in [-0.2, -0.15) is 0 Å². The van der Waals surface area contributed by atoms with Crippen molar-refractivity contribution in [2.75, 3.05) is 7.11 Å². The summed E-state index contributed by atoms with van der Waals surface area (Å²) >= 11 is 0. The number of methoxy groups -OCH3 is 1. The van der Waals surface area contributed by atoms with Crippen LogP contribution in [0.15, 0.2) is 12.1 Å². The lowest BCUT2D eigenvalue weighted by Crippen LogP contribution is -2.15. The molecule has 0 radical (unpaired) electrons. The number of rotatable bonds is 4. The Bertz CT molecular complexity index is 504. The molecule has 1 aromatic rings. The summed E-state index contributed by atoms with van der Waals surface area (Å²) < 4.78 is 4.70. The topological polar surface area (TPSA) is 121 Å². The third-order valence-electron chi connectivity index (χ3n) is 2.05. The monoisotopic (exact) mass is 240 g/mol. The lowest BCUT2D eigenvalue weighted by Gasteiger charge is -2.10. The fourth-order valence-corrected chi connectivity index (χ4v) is 1.37. The fraction of sp³-hybridized carbons (Fsp3) is 0.100. The van der Waals surface area contributed by atoms with Crippen LogP contribution >= 0.6 is 0 Å². The van der Waals surface area contributed by atoms with Gasteiger partial charge in [0, 0.05) is 0 Å². The summed E-state index contributed by atoms with van der Waals surface area (Å²) in [6.45, 7) is 0. The number of carbonyl (C=O) groups is 3. The Morgan fingerprint density at radius 3 is 1.82 bits per heavy atom. The van der Waals surface area contributed by atoms with E-state index in [0.717, 1.165) is 19.2 Å². The van der Waals surface area contributed by atoms with Crippen LogP contribution in [0.3, 0.4) is 0 Å². The number of carboxylic acid groups (broad SMARTS) is 3. The molecule has 0 unspecified atom stereocenters. The summed E-state index contributed by atoms with van der Waals surface area (Å²) in [6, 6.07) is 2.08. The molecule has 0 atom stereocenters. The van der Waals surface area contributed by atoms with Crippen molar-refractivity contribution in [1.82, 2.24) is 0 Å². The molecule has 0 aliphatic heterocycles. The number of benzene rings is 1. The van der Waals surface area contributed by atoms with Gasteiger partial charge in [0.1, 0.15) is 11.3 Å². The van der Waals surface area contributed by atoms with E-state index < -0.39 is 34.6 Å². The Hall–Kier alpha value is -2.57. The van der Waals surface area contributed by atoms with E-state index in [1.165, 1.54) is 0 Å². The van der Waals surface area contributed by atoms with Crippen molar-refractivity contribution < 1.29 is 34.4 Å². The maximum absolute atomic E-state index is 10.9. The van der Waals surface area contributed by atoms with Crippen molar-refractivity contribution in [1.29, 1.82) is 0 Å². The zero-order valence-electron chi connectivity index (χ0n) is 8.63. The van der Waals surface area contributed by atoms with Gasteiger partial charge in [-0.15, -0.1) is 0 Å². The molecular weight excluding hydrogens is 232 g/mol. The molecule has 0 spiro atoms. The van der Waals surface area contributed by atoms with E-state index in [1.54, 1.807) is 0 Å². The Labute approximate surface area is 94.9 Å². The summed E-state index contributed by atoms with van der Waals surface area (Å²) in [7, 11) is 1.16. The molecule has 7 heteroatoms. The van der Waals surface area contributed by atoms with Gasteiger partial charge in [0.15, 0.2) is 0 Å². The van der Waals surface area contributed by atoms with Crippen LogP contribution in [0.25, 0.3) is 0 Å². The van der Waals surface area contributed by atoms with Crippen molar-refractivity contribution in [2.24, 2.45) is 0 Å². The average Bonchev–Trinajstić information content (AvgIpc) is 2.26. The molecule has 0 bridgehead atoms. The van der Waals surface area contributed by atoms with Crippen LogP contribution in [0.5, 0.6) is 5.75 Å². The number of hydrogen-bond donors (Lipinski definition) is 3. The Morgan fingerprint density at radius 1 is 0.941 bits per heavy atom. The standard InChI is InChI=1S/C10H8O7/c1-17-5-3-2-4(8(11)12)6(9(13)14)7(5)10(15)16/h2-3H,1H3,(H,11,12)(H,13,14)(H,15,16). The molecule has 7 nitrogen and oxygen atoms in total. The largest absolute Gasteiger partial charge is 0.496 e. The number of carboxylic acids is 3. The molecule has 0 amide bonds. The van der Waals surface area contributed by atoms with E-state index in [-0.39, 0.29) is 5.75 Å². The van der Waals surface area contributed by atoms with Gasteiger partial charge >= 0.3 is 17.9 Å². The second-order valence-electron chi connectivity index (χ2n) is 2.98. The molecule has 0 aromatic heterocycles. The van der Waals surface area contributed by atoms with E-state index in [9.17, 15) is 14.4 Å². The molecule has 1 aromatic carbocycles. The second kappa shape index (κ2) is 4.52. The molecule has 1 rings (SSSR count). The second-order valence-corrected chi connectivity index (χ2v) is 2.98. The Balaban J connectivity index is 3.71. The van der Waals surface area contributed by atoms with Gasteiger partial charge in [-0.05, 0) is 12.1 Å². The first kappa shape index (κ1) is 12.5. The number of ether oxygens (including phenoxy) is 1. The minimum Gasteiger partial charge on any atom is -0.496 e. The van der Waals surface area contributed by atoms with E-state index >= 15 is 0 Å². The summed E-state index contributed by atoms with van der Waals surface area (Å²) in [6.07, 6.45) is 0. The van der Waals surface area contributed by atoms with Crippen molar-refractivity contribution in [2.45, 2.75) is 0 Å². The van der Waals surface area contributed by atoms with Gasteiger partial charge in [-0.1, -0.05) is 0 Å². The van der Waals surface area contributed by atoms with Crippen molar-refractivity contribution in [3.63, 3.8) is 0 Å². The molecule has 90 valence electrons. The molecule has 0 heterocycles. The van der Waals surface area contributed by atoms with Crippen LogP contribution in [-0.2, 0) is 0 Å². The minimum absolute atomic E-state index is 0.208. The smallest absolute Gasteiger partial charge is 0.340 e. The van der Waals surface area contributed by atoms with Gasteiger partial charge in [0.05, 0.1) is 18.2 Å². The third kappa shape index (κ3) is 2.17. The van der Waals surface area contributed by atoms with Gasteiger partial charge in [-0.3, -0.25) is 0 Å². The Morgan fingerprint density at radius 2 is 1.47 bits per heavy atom. The first-order valence-electron chi connectivity index (χ1n) is 4.31. The molecule has 0 aliphatic rings. The molecule has 17 heavy (non-hydrogen) atoms. The predicted octanol–water partition coefficient (Wildman–Crippen LogP) is 0.790. The summed E-state index contributed by atoms with van der Waals surface area (Å²) in [4.78, 5) is 32.7. The highest BCUT2D eigenvalue weighted by Crippen LogP contribution is 2.26. The lowest BCUT2D eigenvalue weighted by atomic mass is 10.00. The first-order valence-corrected chi connectivity index (χ1v) is 4.31. The van der Waals surface area contributed by atoms with Crippen LogP contribution in [0, 0.1) is 0 Å². The Kier molecular flexibility index (Phi) is 3.32. The van der Waals surface area contributed by atoms with Gasteiger partial charge in [0.25, 0.3) is 0 Å². The summed E-state index contributed by atoms with van der Waals surface area (Å²) in [5.74, 6) is -4.94. The summed E-state index contributed by atoms with van der Waals surface area (Å²) in [5.41, 5.74) is -2.08. The zero-order valence-corrected chi connectivity index (χ0v) is 8.63. The molecule has 3 N–H and O–H groups in total. The normalized spacial score (nSPS) is 9.71.